The predicted octanol–water partition coefficient (Wildman–Crippen LogP) is 4.54. The number of ether oxygens (including phenoxy) is 3. The molecule has 0 unspecified atom stereocenters. The summed E-state index contributed by atoms with van der Waals surface area (Å²) in [6, 6.07) is 9.20. The molecule has 0 bridgehead atoms. The number of anilines is 1. The summed E-state index contributed by atoms with van der Waals surface area (Å²) < 4.78 is 21.8. The largest absolute Gasteiger partial charge is 0.502 e. The lowest BCUT2D eigenvalue weighted by Crippen LogP contribution is -2.10. The third-order valence-electron chi connectivity index (χ3n) is 4.46. The maximum atomic E-state index is 10.1. The van der Waals surface area contributed by atoms with Crippen LogP contribution < -0.4 is 19.1 Å². The average molecular weight is 421 g/mol. The smallest absolute Gasteiger partial charge is 0.227 e. The number of aryl methyl sites for hydroxylation is 1. The molecule has 0 atom stereocenters. The number of phenols is 1. The van der Waals surface area contributed by atoms with Crippen molar-refractivity contribution in [1.29, 1.82) is 0 Å². The van der Waals surface area contributed by atoms with E-state index in [2.05, 4.69) is 4.98 Å². The third-order valence-corrected chi connectivity index (χ3v) is 4.46. The summed E-state index contributed by atoms with van der Waals surface area (Å²) in [7, 11) is 8.51. The summed E-state index contributed by atoms with van der Waals surface area (Å²) in [5.41, 5.74) is 3.20. The van der Waals surface area contributed by atoms with Crippen molar-refractivity contribution >= 4 is 18.1 Å². The Morgan fingerprint density at radius 2 is 1.45 bits per heavy atom. The third kappa shape index (κ3) is 4.19. The van der Waals surface area contributed by atoms with Crippen LogP contribution in [0.15, 0.2) is 34.7 Å². The zero-order valence-corrected chi connectivity index (χ0v) is 18.1. The van der Waals surface area contributed by atoms with Gasteiger partial charge in [-0.25, -0.2) is 4.98 Å². The summed E-state index contributed by atoms with van der Waals surface area (Å²) in [6.45, 7) is 1.85. The van der Waals surface area contributed by atoms with Crippen LogP contribution in [0.2, 0.25) is 0 Å². The molecule has 0 radical (unpaired) electrons. The fourth-order valence-electron chi connectivity index (χ4n) is 3.00. The van der Waals surface area contributed by atoms with Crippen molar-refractivity contribution < 1.29 is 23.7 Å². The lowest BCUT2D eigenvalue weighted by atomic mass is 10.1. The van der Waals surface area contributed by atoms with Crippen LogP contribution >= 0.6 is 12.4 Å². The number of rotatable bonds is 6. The number of aromatic nitrogens is 1. The molecule has 7 nitrogen and oxygen atoms in total. The lowest BCUT2D eigenvalue weighted by molar-refractivity contribution is 0.340. The van der Waals surface area contributed by atoms with Crippen molar-refractivity contribution in [2.75, 3.05) is 40.3 Å². The van der Waals surface area contributed by atoms with Crippen LogP contribution in [-0.2, 0) is 0 Å². The monoisotopic (exact) mass is 420 g/mol. The summed E-state index contributed by atoms with van der Waals surface area (Å²) in [4.78, 5) is 6.64. The van der Waals surface area contributed by atoms with Crippen LogP contribution in [-0.4, -0.2) is 45.5 Å². The van der Waals surface area contributed by atoms with E-state index in [4.69, 9.17) is 18.6 Å². The first-order chi connectivity index (χ1) is 13.4. The maximum Gasteiger partial charge on any atom is 0.227 e. The van der Waals surface area contributed by atoms with E-state index < -0.39 is 0 Å². The van der Waals surface area contributed by atoms with Crippen molar-refractivity contribution in [3.8, 4) is 45.7 Å². The Bertz CT molecular complexity index is 976. The molecule has 8 heteroatoms. The van der Waals surface area contributed by atoms with E-state index in [1.165, 1.54) is 14.2 Å². The highest BCUT2D eigenvalue weighted by atomic mass is 35.5. The highest BCUT2D eigenvalue weighted by Gasteiger charge is 2.19. The van der Waals surface area contributed by atoms with Crippen LogP contribution in [0, 0.1) is 6.92 Å². The normalized spacial score (nSPS) is 10.3. The van der Waals surface area contributed by atoms with Gasteiger partial charge in [0.1, 0.15) is 17.2 Å². The van der Waals surface area contributed by atoms with Crippen molar-refractivity contribution in [2.45, 2.75) is 6.92 Å². The Kier molecular flexibility index (Phi) is 6.87. The van der Waals surface area contributed by atoms with Gasteiger partial charge in [0.15, 0.2) is 11.5 Å². The lowest BCUT2D eigenvalue weighted by Gasteiger charge is -2.17. The molecule has 1 aromatic heterocycles. The van der Waals surface area contributed by atoms with Gasteiger partial charge in [-0.15, -0.1) is 12.4 Å². The molecule has 3 aromatic rings. The molecule has 1 heterocycles. The zero-order chi connectivity index (χ0) is 20.4. The molecule has 0 fully saturated rings. The van der Waals surface area contributed by atoms with Gasteiger partial charge in [0, 0.05) is 25.2 Å². The molecule has 29 heavy (non-hydrogen) atoms. The zero-order valence-electron chi connectivity index (χ0n) is 17.3. The van der Waals surface area contributed by atoms with E-state index in [-0.39, 0.29) is 29.7 Å². The molecule has 3 rings (SSSR count). The number of halogens is 1. The first-order valence-corrected chi connectivity index (χ1v) is 8.68. The summed E-state index contributed by atoms with van der Waals surface area (Å²) in [6.07, 6.45) is 0. The number of hydrogen-bond donors (Lipinski definition) is 1. The second-order valence-electron chi connectivity index (χ2n) is 6.43. The minimum Gasteiger partial charge on any atom is -0.502 e. The average Bonchev–Trinajstić information content (AvgIpc) is 3.09. The number of nitrogens with zero attached hydrogens (tertiary/aromatic N) is 2. The number of oxazole rings is 1. The SMILES string of the molecule is COc1cc(-c2nc(-c3cc(OC)c(O)c(OC)c3)oc2C)ccc1N(C)C.Cl. The Morgan fingerprint density at radius 1 is 0.897 bits per heavy atom. The molecule has 2 aromatic carbocycles. The van der Waals surface area contributed by atoms with Crippen LogP contribution in [0.1, 0.15) is 5.76 Å². The summed E-state index contributed by atoms with van der Waals surface area (Å²) in [5.74, 6) is 2.31. The molecule has 0 aliphatic carbocycles. The molecule has 0 spiro atoms. The fraction of sp³-hybridized carbons (Fsp3) is 0.286. The number of hydrogen-bond acceptors (Lipinski definition) is 7. The summed E-state index contributed by atoms with van der Waals surface area (Å²) in [5, 5.41) is 10.1. The van der Waals surface area contributed by atoms with Crippen molar-refractivity contribution in [2.24, 2.45) is 0 Å². The quantitative estimate of drug-likeness (QED) is 0.627. The molecule has 0 aliphatic rings. The van der Waals surface area contributed by atoms with Crippen LogP contribution in [0.3, 0.4) is 0 Å². The van der Waals surface area contributed by atoms with Crippen molar-refractivity contribution in [3.63, 3.8) is 0 Å². The Hall–Kier alpha value is -3.06. The Balaban J connectivity index is 0.00000300. The van der Waals surface area contributed by atoms with Gasteiger partial charge in [0.25, 0.3) is 0 Å². The standard InChI is InChI=1S/C21H24N2O5.ClH/c1-12-19(13-7-8-15(23(2)3)16(9-13)25-4)22-21(28-12)14-10-17(26-5)20(24)18(11-14)27-6;/h7-11,24H,1-6H3;1H. The van der Waals surface area contributed by atoms with E-state index >= 15 is 0 Å². The van der Waals surface area contributed by atoms with Gasteiger partial charge < -0.3 is 28.6 Å². The first kappa shape index (κ1) is 22.2. The van der Waals surface area contributed by atoms with Crippen LogP contribution in [0.4, 0.5) is 5.69 Å². The van der Waals surface area contributed by atoms with Crippen molar-refractivity contribution in [1.82, 2.24) is 4.98 Å². The number of benzene rings is 2. The van der Waals surface area contributed by atoms with Gasteiger partial charge in [0.05, 0.1) is 27.0 Å². The highest BCUT2D eigenvalue weighted by molar-refractivity contribution is 5.85. The van der Waals surface area contributed by atoms with Gasteiger partial charge in [-0.1, -0.05) is 6.07 Å². The number of aromatic hydroxyl groups is 1. The predicted molar refractivity (Wildman–Crippen MR) is 115 cm³/mol. The van der Waals surface area contributed by atoms with Gasteiger partial charge in [-0.2, -0.15) is 0 Å². The number of methoxy groups -OCH3 is 3. The molecular formula is C21H25ClN2O5. The van der Waals surface area contributed by atoms with E-state index in [1.54, 1.807) is 19.2 Å². The molecule has 0 aliphatic heterocycles. The topological polar surface area (TPSA) is 77.2 Å². The molecular weight excluding hydrogens is 396 g/mol. The van der Waals surface area contributed by atoms with Crippen LogP contribution in [0.5, 0.6) is 23.0 Å². The van der Waals surface area contributed by atoms with Gasteiger partial charge in [-0.3, -0.25) is 0 Å². The Labute approximate surface area is 176 Å². The van der Waals surface area contributed by atoms with E-state index in [0.717, 1.165) is 17.0 Å². The van der Waals surface area contributed by atoms with E-state index in [1.807, 2.05) is 44.1 Å². The van der Waals surface area contributed by atoms with Crippen molar-refractivity contribution in [3.05, 3.63) is 36.1 Å². The van der Waals surface area contributed by atoms with Gasteiger partial charge >= 0.3 is 0 Å². The molecule has 156 valence electrons. The van der Waals surface area contributed by atoms with Crippen LogP contribution in [0.25, 0.3) is 22.7 Å². The fourth-order valence-corrected chi connectivity index (χ4v) is 3.00. The highest BCUT2D eigenvalue weighted by Crippen LogP contribution is 2.41. The number of phenolic OH excluding ortho intramolecular Hbond substituents is 1. The molecule has 0 amide bonds. The Morgan fingerprint density at radius 3 is 1.97 bits per heavy atom. The van der Waals surface area contributed by atoms with Gasteiger partial charge in [0.2, 0.25) is 11.6 Å². The summed E-state index contributed by atoms with van der Waals surface area (Å²) >= 11 is 0. The minimum absolute atomic E-state index is 0. The van der Waals surface area contributed by atoms with Gasteiger partial charge in [-0.05, 0) is 31.2 Å². The molecule has 0 saturated carbocycles. The second-order valence-corrected chi connectivity index (χ2v) is 6.43. The maximum absolute atomic E-state index is 10.1. The molecule has 0 saturated heterocycles. The second kappa shape index (κ2) is 8.96. The van der Waals surface area contributed by atoms with E-state index in [9.17, 15) is 5.11 Å². The molecule has 1 N–H and O–H groups in total. The van der Waals surface area contributed by atoms with E-state index in [0.29, 0.717) is 22.9 Å². The minimum atomic E-state index is -0.0683. The first-order valence-electron chi connectivity index (χ1n) is 8.68.